The van der Waals surface area contributed by atoms with E-state index < -0.39 is 220 Å². The van der Waals surface area contributed by atoms with E-state index in [1.165, 1.54) is 49.9 Å². The number of nitrogens with one attached hydrogen (secondary N) is 9. The minimum absolute atomic E-state index is 0.0161. The normalized spacial score (nSPS) is 15.3. The lowest BCUT2D eigenvalue weighted by Crippen LogP contribution is -2.59. The van der Waals surface area contributed by atoms with Crippen LogP contribution in [-0.2, 0) is 87.9 Å². The van der Waals surface area contributed by atoms with Gasteiger partial charge in [-0.2, -0.15) is 0 Å². The number of aliphatic imine (C=N–C) groups is 1. The van der Waals surface area contributed by atoms with Crippen molar-refractivity contribution in [3.63, 3.8) is 0 Å². The Morgan fingerprint density at radius 2 is 1.00 bits per heavy atom. The molecule has 0 saturated carbocycles. The number of ether oxygens (including phenoxy) is 1. The van der Waals surface area contributed by atoms with E-state index >= 15 is 0 Å². The number of carbonyl (C=O) groups excluding carboxylic acids is 12. The summed E-state index contributed by atoms with van der Waals surface area (Å²) >= 11 is 0. The molecule has 10 amide bonds. The molecule has 1 unspecified atom stereocenters. The van der Waals surface area contributed by atoms with Gasteiger partial charge in [-0.3, -0.25) is 86.5 Å². The summed E-state index contributed by atoms with van der Waals surface area (Å²) in [7, 11) is 0. The zero-order valence-corrected chi connectivity index (χ0v) is 55.2. The predicted octanol–water partition coefficient (Wildman–Crippen LogP) is -4.21. The number of ketones is 2. The molecule has 98 heavy (non-hydrogen) atoms. The minimum Gasteiger partial charge on any atom is -0.481 e. The third kappa shape index (κ3) is 32.5. The first-order valence-electron chi connectivity index (χ1n) is 31.6. The van der Waals surface area contributed by atoms with Crippen molar-refractivity contribution in [1.29, 1.82) is 0 Å². The summed E-state index contributed by atoms with van der Waals surface area (Å²) in [6, 6.07) is -9.03. The first-order chi connectivity index (χ1) is 46.0. The second kappa shape index (κ2) is 43.1. The van der Waals surface area contributed by atoms with E-state index in [9.17, 15) is 102 Å². The lowest BCUT2D eigenvalue weighted by Gasteiger charge is -2.30. The molecule has 0 bridgehead atoms. The highest BCUT2D eigenvalue weighted by Gasteiger charge is 2.40. The van der Waals surface area contributed by atoms with Gasteiger partial charge in [0.2, 0.25) is 59.1 Å². The summed E-state index contributed by atoms with van der Waals surface area (Å²) in [6.07, 6.45) is -6.46. The Morgan fingerprint density at radius 1 is 0.551 bits per heavy atom. The number of hydrogen-bond donors (Lipinski definition) is 17. The van der Waals surface area contributed by atoms with Crippen LogP contribution in [0.2, 0.25) is 0 Å². The number of guanidine groups is 1. The summed E-state index contributed by atoms with van der Waals surface area (Å²) in [6.45, 7) is 6.52. The monoisotopic (exact) mass is 1390 g/mol. The number of amides is 10. The topological polar surface area (TPSA) is 602 Å². The lowest BCUT2D eigenvalue weighted by atomic mass is 10.0. The van der Waals surface area contributed by atoms with Gasteiger partial charge < -0.3 is 100 Å². The summed E-state index contributed by atoms with van der Waals surface area (Å²) in [4.78, 5) is 225. The van der Waals surface area contributed by atoms with Crippen molar-refractivity contribution >= 4 is 106 Å². The second-order valence-corrected chi connectivity index (χ2v) is 23.7. The molecule has 544 valence electrons. The first-order valence-corrected chi connectivity index (χ1v) is 31.6. The van der Waals surface area contributed by atoms with Gasteiger partial charge in [0.05, 0.1) is 18.7 Å². The Labute approximate surface area is 563 Å². The molecule has 1 aliphatic rings. The van der Waals surface area contributed by atoms with Crippen molar-refractivity contribution in [3.8, 4) is 0 Å². The fourth-order valence-electron chi connectivity index (χ4n) is 9.67. The number of nitrogens with zero attached hydrogens (tertiary/aromatic N) is 2. The fourth-order valence-corrected chi connectivity index (χ4v) is 9.67. The molecule has 37 nitrogen and oxygen atoms in total. The third-order valence-electron chi connectivity index (χ3n) is 15.1. The van der Waals surface area contributed by atoms with Crippen molar-refractivity contribution in [3.05, 3.63) is 35.4 Å². The van der Waals surface area contributed by atoms with Crippen LogP contribution in [-0.4, -0.2) is 230 Å². The van der Waals surface area contributed by atoms with Crippen LogP contribution in [0.25, 0.3) is 0 Å². The highest BCUT2D eigenvalue weighted by Crippen LogP contribution is 2.21. The van der Waals surface area contributed by atoms with Crippen LogP contribution in [0.1, 0.15) is 147 Å². The molecule has 1 aromatic rings. The van der Waals surface area contributed by atoms with Crippen LogP contribution in [0.5, 0.6) is 0 Å². The Kier molecular flexibility index (Phi) is 36.9. The molecule has 1 fully saturated rings. The van der Waals surface area contributed by atoms with Crippen molar-refractivity contribution in [2.45, 2.75) is 198 Å². The molecule has 0 spiro atoms. The highest BCUT2D eigenvalue weighted by molar-refractivity contribution is 5.99. The van der Waals surface area contributed by atoms with Gasteiger partial charge in [0.25, 0.3) is 0 Å². The van der Waals surface area contributed by atoms with E-state index in [-0.39, 0.29) is 87.4 Å². The number of likely N-dealkylation sites (tertiary alicyclic amines) is 1. The van der Waals surface area contributed by atoms with E-state index in [1.807, 2.05) is 13.8 Å². The summed E-state index contributed by atoms with van der Waals surface area (Å²) in [5.74, 6) is -18.1. The maximum absolute atomic E-state index is 14.3. The molecular formula is C61H92N14O23. The zero-order chi connectivity index (χ0) is 73.9. The molecule has 1 saturated heterocycles. The molecule has 20 N–H and O–H groups in total. The fraction of sp³-hybridized carbons (Fsp3) is 0.607. The Morgan fingerprint density at radius 3 is 1.44 bits per heavy atom. The van der Waals surface area contributed by atoms with Crippen molar-refractivity contribution in [1.82, 2.24) is 52.8 Å². The van der Waals surface area contributed by atoms with E-state index in [0.717, 1.165) is 0 Å². The lowest BCUT2D eigenvalue weighted by molar-refractivity contribution is -0.143. The summed E-state index contributed by atoms with van der Waals surface area (Å²) in [5, 5.41) is 68.8. The van der Waals surface area contributed by atoms with Crippen LogP contribution < -0.4 is 65.1 Å². The smallest absolute Gasteiger partial charge is 0.303 e. The number of nitrogens with two attached hydrogens (primary N) is 3. The summed E-state index contributed by atoms with van der Waals surface area (Å²) < 4.78 is 5.55. The molecule has 0 aliphatic carbocycles. The van der Waals surface area contributed by atoms with Crippen molar-refractivity contribution < 1.29 is 112 Å². The van der Waals surface area contributed by atoms with Crippen LogP contribution in [0.3, 0.4) is 0 Å². The number of benzene rings is 1. The maximum atomic E-state index is 14.3. The minimum atomic E-state index is -1.96. The van der Waals surface area contributed by atoms with Crippen LogP contribution >= 0.6 is 0 Å². The number of aliphatic carboxylic acids is 5. The van der Waals surface area contributed by atoms with E-state index in [0.29, 0.717) is 12.0 Å². The largest absolute Gasteiger partial charge is 0.481 e. The molecule has 0 aromatic heterocycles. The van der Waals surface area contributed by atoms with Gasteiger partial charge in [0, 0.05) is 63.7 Å². The number of carbonyl (C=O) groups is 17. The van der Waals surface area contributed by atoms with Gasteiger partial charge in [-0.05, 0) is 96.5 Å². The average molecular weight is 1390 g/mol. The van der Waals surface area contributed by atoms with Crippen molar-refractivity contribution in [2.75, 3.05) is 32.8 Å². The quantitative estimate of drug-likeness (QED) is 0.0127. The van der Waals surface area contributed by atoms with Gasteiger partial charge in [0.1, 0.15) is 54.9 Å². The number of hydrogen-bond acceptors (Lipinski definition) is 20. The van der Waals surface area contributed by atoms with Gasteiger partial charge in [-0.1, -0.05) is 38.1 Å². The Bertz CT molecular complexity index is 3050. The number of carboxylic acid groups (broad SMARTS) is 5. The summed E-state index contributed by atoms with van der Waals surface area (Å²) in [5.41, 5.74) is 17.4. The van der Waals surface area contributed by atoms with E-state index in [2.05, 4.69) is 52.8 Å². The molecular weight excluding hydrogens is 1300 g/mol. The van der Waals surface area contributed by atoms with Gasteiger partial charge in [0.15, 0.2) is 17.5 Å². The van der Waals surface area contributed by atoms with Crippen molar-refractivity contribution in [2.24, 2.45) is 28.1 Å². The SMILES string of the molecule is CC(=O)c1ccc(CC(NC(=O)[C@@H](CCC(=O)O)NC(=O)[C@@H](CCC(=O)O)NC(=O)[C@@H](CCC(=O)O)NC(=O)[C@@H](CCC(=O)O)NC(=O)[C@H](N)CCC(=O)O)C(=O)NCCOCC(=O)N[C@@H](CCCN=C(N)N)C(=O)N2CCC[C@H]2C(=O)N[C@@H](CC(C)C)C(=O)N[C@@H](C)C(C)=O)cc1. The number of Topliss-reactive ketones (excluding diaryl/α,β-unsaturated/α-hetero) is 2. The Hall–Kier alpha value is -10.2. The molecule has 1 heterocycles. The molecule has 0 radical (unpaired) electrons. The Balaban J connectivity index is 2.41. The first kappa shape index (κ1) is 83.9. The second-order valence-electron chi connectivity index (χ2n) is 23.7. The molecule has 1 aliphatic heterocycles. The molecule has 37 heteroatoms. The predicted molar refractivity (Wildman–Crippen MR) is 342 cm³/mol. The average Bonchev–Trinajstić information content (AvgIpc) is 1.61. The number of carboxylic acids is 5. The zero-order valence-electron chi connectivity index (χ0n) is 55.2. The standard InChI is InChI=1S/C61H92N14O23/c1-31(2)28-43(58(95)67-32(3)33(4)76)74-59(96)45-9-7-26-75(45)60(97)42(8-6-24-66-61(63)64)68-46(78)30-98-27-25-65-53(90)44(29-35-10-12-36(13-11-35)34(5)77)73-57(94)41(18-23-51(87)88)72-56(93)40(17-22-50(85)86)71-55(92)39(16-21-49(83)84)70-54(91)38(15-20-48(81)82)69-52(89)37(62)14-19-47(79)80/h10-13,31-32,37-45H,6-9,14-30,62H2,1-5H3,(H,65,90)(H,67,95)(H,68,78)(H,69,89)(H,70,91)(H,71,92)(H,72,93)(H,73,94)(H,74,96)(H,79,80)(H,81,82)(H,83,84)(H,85,86)(H,87,88)(H4,63,64,66)/t32-,37+,38+,39+,40+,41+,42-,43-,44?,45-/m0/s1. The number of rotatable bonds is 47. The van der Waals surface area contributed by atoms with Crippen LogP contribution in [0.4, 0.5) is 0 Å². The van der Waals surface area contributed by atoms with E-state index in [4.69, 9.17) is 27.0 Å². The molecule has 2 rings (SSSR count). The molecule has 10 atom stereocenters. The van der Waals surface area contributed by atoms with Crippen LogP contribution in [0.15, 0.2) is 29.3 Å². The van der Waals surface area contributed by atoms with Gasteiger partial charge in [-0.15, -0.1) is 0 Å². The maximum Gasteiger partial charge on any atom is 0.303 e. The van der Waals surface area contributed by atoms with Gasteiger partial charge in [-0.25, -0.2) is 0 Å². The highest BCUT2D eigenvalue weighted by atomic mass is 16.5. The third-order valence-corrected chi connectivity index (χ3v) is 15.1. The molecule has 1 aromatic carbocycles. The van der Waals surface area contributed by atoms with E-state index in [1.54, 1.807) is 0 Å². The van der Waals surface area contributed by atoms with Gasteiger partial charge >= 0.3 is 29.8 Å². The van der Waals surface area contributed by atoms with Crippen LogP contribution in [0, 0.1) is 5.92 Å².